The molecule has 5 atom stereocenters. The van der Waals surface area contributed by atoms with Crippen molar-refractivity contribution in [3.8, 4) is 0 Å². The summed E-state index contributed by atoms with van der Waals surface area (Å²) in [7, 11) is 0. The highest BCUT2D eigenvalue weighted by molar-refractivity contribution is 5.94. The summed E-state index contributed by atoms with van der Waals surface area (Å²) in [6, 6.07) is -4.79. The van der Waals surface area contributed by atoms with Crippen LogP contribution in [0, 0.1) is 0 Å². The molecule has 13 nitrogen and oxygen atoms in total. The standard InChI is InChI=1S/C18H28N6O7/c1-9(26)14(19)16(28)22-11(5-10-6-20-8-21-10)17(29)24-4-2-3-13(24)15(27)23-12(7-25)18(30)31/h6,8-9,11-14,25-26H,2-5,7,19H2,1H3,(H,20,21)(H,22,28)(H,23,27)(H,30,31). The third kappa shape index (κ3) is 6.23. The third-order valence-electron chi connectivity index (χ3n) is 5.05. The lowest BCUT2D eigenvalue weighted by Gasteiger charge is -2.30. The Morgan fingerprint density at radius 3 is 2.58 bits per heavy atom. The Hall–Kier alpha value is -3.03. The highest BCUT2D eigenvalue weighted by atomic mass is 16.4. The number of aliphatic hydroxyl groups excluding tert-OH is 2. The summed E-state index contributed by atoms with van der Waals surface area (Å²) >= 11 is 0. The van der Waals surface area contributed by atoms with Gasteiger partial charge in [0.05, 0.1) is 19.0 Å². The molecule has 1 aliphatic heterocycles. The van der Waals surface area contributed by atoms with Crippen molar-refractivity contribution in [3.05, 3.63) is 18.2 Å². The molecule has 2 rings (SSSR count). The molecule has 0 bridgehead atoms. The smallest absolute Gasteiger partial charge is 0.328 e. The molecule has 1 aromatic rings. The normalized spacial score (nSPS) is 19.9. The molecule has 172 valence electrons. The van der Waals surface area contributed by atoms with Gasteiger partial charge in [0.2, 0.25) is 17.7 Å². The molecule has 31 heavy (non-hydrogen) atoms. The zero-order valence-corrected chi connectivity index (χ0v) is 17.0. The van der Waals surface area contributed by atoms with Gasteiger partial charge >= 0.3 is 5.97 Å². The Kier molecular flexibility index (Phi) is 8.47. The van der Waals surface area contributed by atoms with Crippen molar-refractivity contribution in [2.24, 2.45) is 5.73 Å². The van der Waals surface area contributed by atoms with Crippen LogP contribution in [0.2, 0.25) is 0 Å². The van der Waals surface area contributed by atoms with E-state index in [4.69, 9.17) is 15.9 Å². The minimum atomic E-state index is -1.49. The van der Waals surface area contributed by atoms with Crippen LogP contribution in [0.5, 0.6) is 0 Å². The van der Waals surface area contributed by atoms with Gasteiger partial charge in [0.25, 0.3) is 0 Å². The number of likely N-dealkylation sites (tertiary alicyclic amines) is 1. The third-order valence-corrected chi connectivity index (χ3v) is 5.05. The van der Waals surface area contributed by atoms with E-state index in [1.807, 2.05) is 0 Å². The Balaban J connectivity index is 2.18. The number of nitrogens with one attached hydrogen (secondary N) is 3. The molecule has 1 fully saturated rings. The van der Waals surface area contributed by atoms with Crippen molar-refractivity contribution in [1.82, 2.24) is 25.5 Å². The Bertz CT molecular complexity index is 784. The number of hydrogen-bond donors (Lipinski definition) is 7. The number of H-pyrrole nitrogens is 1. The first-order valence-corrected chi connectivity index (χ1v) is 9.81. The molecule has 0 aromatic carbocycles. The summed E-state index contributed by atoms with van der Waals surface area (Å²) in [5.41, 5.74) is 6.21. The fourth-order valence-electron chi connectivity index (χ4n) is 3.26. The maximum atomic E-state index is 13.2. The summed E-state index contributed by atoms with van der Waals surface area (Å²) in [5, 5.41) is 32.4. The van der Waals surface area contributed by atoms with Gasteiger partial charge in [-0.3, -0.25) is 14.4 Å². The first kappa shape index (κ1) is 24.2. The van der Waals surface area contributed by atoms with Crippen LogP contribution in [-0.2, 0) is 25.6 Å². The van der Waals surface area contributed by atoms with Gasteiger partial charge in [0.1, 0.15) is 24.2 Å². The number of aliphatic hydroxyl groups is 2. The average Bonchev–Trinajstić information content (AvgIpc) is 3.41. The Labute approximate surface area is 178 Å². The second-order valence-corrected chi connectivity index (χ2v) is 7.38. The van der Waals surface area contributed by atoms with Gasteiger partial charge < -0.3 is 41.6 Å². The SMILES string of the molecule is CC(O)C(N)C(=O)NC(Cc1cnc[nH]1)C(=O)N1CCCC1C(=O)NC(CO)C(=O)O. The van der Waals surface area contributed by atoms with E-state index in [0.29, 0.717) is 18.5 Å². The zero-order valence-electron chi connectivity index (χ0n) is 17.0. The lowest BCUT2D eigenvalue weighted by molar-refractivity contribution is -0.145. The van der Waals surface area contributed by atoms with Gasteiger partial charge in [-0.1, -0.05) is 0 Å². The number of nitrogens with zero attached hydrogens (tertiary/aromatic N) is 2. The lowest BCUT2D eigenvalue weighted by Crippen LogP contribution is -2.58. The zero-order chi connectivity index (χ0) is 23.1. The average molecular weight is 440 g/mol. The Morgan fingerprint density at radius 2 is 2.03 bits per heavy atom. The van der Waals surface area contributed by atoms with Gasteiger partial charge in [-0.2, -0.15) is 0 Å². The molecule has 2 heterocycles. The van der Waals surface area contributed by atoms with Gasteiger partial charge in [-0.15, -0.1) is 0 Å². The van der Waals surface area contributed by atoms with Gasteiger partial charge in [0, 0.05) is 24.9 Å². The number of aliphatic carboxylic acids is 1. The van der Waals surface area contributed by atoms with E-state index in [0.717, 1.165) is 0 Å². The van der Waals surface area contributed by atoms with E-state index in [9.17, 15) is 24.3 Å². The van der Waals surface area contributed by atoms with Crippen molar-refractivity contribution in [3.63, 3.8) is 0 Å². The van der Waals surface area contributed by atoms with E-state index in [1.165, 1.54) is 24.3 Å². The number of amides is 3. The summed E-state index contributed by atoms with van der Waals surface area (Å²) in [6.07, 6.45) is 2.59. The number of carboxylic acid groups (broad SMARTS) is 1. The molecule has 5 unspecified atom stereocenters. The van der Waals surface area contributed by atoms with Crippen LogP contribution in [0.25, 0.3) is 0 Å². The topological polar surface area (TPSA) is 211 Å². The van der Waals surface area contributed by atoms with Crippen LogP contribution < -0.4 is 16.4 Å². The quantitative estimate of drug-likeness (QED) is 0.194. The first-order valence-electron chi connectivity index (χ1n) is 9.81. The number of nitrogens with two attached hydrogens (primary N) is 1. The predicted octanol–water partition coefficient (Wildman–Crippen LogP) is -3.30. The molecule has 8 N–H and O–H groups in total. The molecule has 0 spiro atoms. The number of imidazole rings is 1. The number of carbonyl (C=O) groups is 4. The number of rotatable bonds is 10. The minimum absolute atomic E-state index is 0.0380. The molecule has 13 heteroatoms. The van der Waals surface area contributed by atoms with Crippen LogP contribution in [0.4, 0.5) is 0 Å². The lowest BCUT2D eigenvalue weighted by atomic mass is 10.1. The second-order valence-electron chi connectivity index (χ2n) is 7.38. The molecular weight excluding hydrogens is 412 g/mol. The highest BCUT2D eigenvalue weighted by Crippen LogP contribution is 2.20. The van der Waals surface area contributed by atoms with Gasteiger partial charge in [0.15, 0.2) is 0 Å². The molecule has 1 saturated heterocycles. The van der Waals surface area contributed by atoms with Crippen molar-refractivity contribution in [1.29, 1.82) is 0 Å². The predicted molar refractivity (Wildman–Crippen MR) is 105 cm³/mol. The van der Waals surface area contributed by atoms with Gasteiger partial charge in [-0.25, -0.2) is 9.78 Å². The monoisotopic (exact) mass is 440 g/mol. The molecule has 3 amide bonds. The largest absolute Gasteiger partial charge is 0.480 e. The van der Waals surface area contributed by atoms with E-state index in [-0.39, 0.29) is 13.0 Å². The molecular formula is C18H28N6O7. The summed E-state index contributed by atoms with van der Waals surface area (Å²) < 4.78 is 0. The van der Waals surface area contributed by atoms with E-state index in [2.05, 4.69) is 20.6 Å². The summed E-state index contributed by atoms with van der Waals surface area (Å²) in [6.45, 7) is 0.778. The van der Waals surface area contributed by atoms with Crippen molar-refractivity contribution >= 4 is 23.7 Å². The number of carboxylic acids is 1. The fourth-order valence-corrected chi connectivity index (χ4v) is 3.26. The van der Waals surface area contributed by atoms with E-state index in [1.54, 1.807) is 0 Å². The number of carbonyl (C=O) groups excluding carboxylic acids is 3. The molecule has 0 radical (unpaired) electrons. The number of aromatic nitrogens is 2. The van der Waals surface area contributed by atoms with Crippen LogP contribution in [0.1, 0.15) is 25.5 Å². The second kappa shape index (κ2) is 10.8. The van der Waals surface area contributed by atoms with Crippen LogP contribution in [0.3, 0.4) is 0 Å². The number of aromatic amines is 1. The minimum Gasteiger partial charge on any atom is -0.480 e. The molecule has 1 aromatic heterocycles. The Morgan fingerprint density at radius 1 is 1.32 bits per heavy atom. The van der Waals surface area contributed by atoms with Crippen LogP contribution in [0.15, 0.2) is 12.5 Å². The highest BCUT2D eigenvalue weighted by Gasteiger charge is 2.39. The molecule has 1 aliphatic rings. The first-order chi connectivity index (χ1) is 14.6. The van der Waals surface area contributed by atoms with Crippen molar-refractivity contribution in [2.45, 2.75) is 56.5 Å². The van der Waals surface area contributed by atoms with Crippen LogP contribution >= 0.6 is 0 Å². The van der Waals surface area contributed by atoms with Gasteiger partial charge in [-0.05, 0) is 19.8 Å². The van der Waals surface area contributed by atoms with E-state index >= 15 is 0 Å². The van der Waals surface area contributed by atoms with Crippen molar-refractivity contribution < 1.29 is 34.5 Å². The summed E-state index contributed by atoms with van der Waals surface area (Å²) in [4.78, 5) is 57.2. The maximum Gasteiger partial charge on any atom is 0.328 e. The van der Waals surface area contributed by atoms with Crippen LogP contribution in [-0.4, -0.2) is 97.3 Å². The molecule has 0 saturated carbocycles. The fraction of sp³-hybridized carbons (Fsp3) is 0.611. The maximum absolute atomic E-state index is 13.2. The number of hydrogen-bond acceptors (Lipinski definition) is 8. The van der Waals surface area contributed by atoms with Crippen molar-refractivity contribution in [2.75, 3.05) is 13.2 Å². The van der Waals surface area contributed by atoms with E-state index < -0.39 is 60.6 Å². The molecule has 0 aliphatic carbocycles. The summed E-state index contributed by atoms with van der Waals surface area (Å²) in [5.74, 6) is -3.41.